The predicted molar refractivity (Wildman–Crippen MR) is 137 cm³/mol. The van der Waals surface area contributed by atoms with Crippen LogP contribution in [0.2, 0.25) is 0 Å². The van der Waals surface area contributed by atoms with E-state index in [1.807, 2.05) is 60.7 Å². The number of anilines is 2. The van der Waals surface area contributed by atoms with Gasteiger partial charge in [-0.3, -0.25) is 0 Å². The summed E-state index contributed by atoms with van der Waals surface area (Å²) in [5, 5.41) is 0. The van der Waals surface area contributed by atoms with E-state index in [0.29, 0.717) is 17.3 Å². The molecule has 4 aromatic carbocycles. The van der Waals surface area contributed by atoms with Crippen LogP contribution < -0.4 is 20.9 Å². The molecule has 33 heavy (non-hydrogen) atoms. The fourth-order valence-corrected chi connectivity index (χ4v) is 4.09. The zero-order chi connectivity index (χ0) is 23.5. The van der Waals surface area contributed by atoms with Crippen LogP contribution in [-0.4, -0.2) is 0 Å². The van der Waals surface area contributed by atoms with Gasteiger partial charge in [-0.1, -0.05) is 44.2 Å². The number of nitrogens with two attached hydrogens (primary N) is 2. The van der Waals surface area contributed by atoms with E-state index in [1.165, 1.54) is 11.1 Å². The molecule has 168 valence electrons. The summed E-state index contributed by atoms with van der Waals surface area (Å²) in [4.78, 5) is 0. The number of benzene rings is 4. The van der Waals surface area contributed by atoms with Gasteiger partial charge in [-0.25, -0.2) is 0 Å². The minimum atomic E-state index is 0.363. The molecule has 4 N–H and O–H groups in total. The molecule has 0 spiro atoms. The van der Waals surface area contributed by atoms with Crippen molar-refractivity contribution in [3.63, 3.8) is 0 Å². The molecule has 0 saturated heterocycles. The lowest BCUT2D eigenvalue weighted by atomic mass is 9.87. The van der Waals surface area contributed by atoms with E-state index in [2.05, 4.69) is 45.9 Å². The van der Waals surface area contributed by atoms with E-state index in [4.69, 9.17) is 20.9 Å². The molecule has 0 aromatic heterocycles. The summed E-state index contributed by atoms with van der Waals surface area (Å²) in [6.45, 7) is 8.64. The van der Waals surface area contributed by atoms with Gasteiger partial charge in [0.25, 0.3) is 0 Å². The largest absolute Gasteiger partial charge is 0.457 e. The Morgan fingerprint density at radius 2 is 1.24 bits per heavy atom. The van der Waals surface area contributed by atoms with E-state index in [-0.39, 0.29) is 0 Å². The van der Waals surface area contributed by atoms with Crippen molar-refractivity contribution >= 4 is 11.4 Å². The lowest BCUT2D eigenvalue weighted by molar-refractivity contribution is 0.475. The summed E-state index contributed by atoms with van der Waals surface area (Å²) in [7, 11) is 0. The van der Waals surface area contributed by atoms with E-state index in [1.54, 1.807) is 0 Å². The Morgan fingerprint density at radius 1 is 0.667 bits per heavy atom. The van der Waals surface area contributed by atoms with Gasteiger partial charge in [0.2, 0.25) is 0 Å². The van der Waals surface area contributed by atoms with E-state index in [9.17, 15) is 0 Å². The molecule has 0 heterocycles. The second kappa shape index (κ2) is 9.29. The summed E-state index contributed by atoms with van der Waals surface area (Å²) in [6, 6.07) is 25.3. The third kappa shape index (κ3) is 4.96. The number of ether oxygens (including phenoxy) is 2. The van der Waals surface area contributed by atoms with Crippen LogP contribution in [0, 0.1) is 13.8 Å². The Balaban J connectivity index is 1.72. The summed E-state index contributed by atoms with van der Waals surface area (Å²) in [5.74, 6) is 3.43. The fourth-order valence-electron chi connectivity index (χ4n) is 4.09. The highest BCUT2D eigenvalue weighted by atomic mass is 16.5. The fraction of sp³-hybridized carbons (Fsp3) is 0.172. The van der Waals surface area contributed by atoms with Crippen molar-refractivity contribution in [2.24, 2.45) is 0 Å². The molecule has 0 unspecified atom stereocenters. The topological polar surface area (TPSA) is 70.5 Å². The SMILES string of the molecule is Cc1cc(C(C)C)c(-c2ccc(Oc3cccc(N)c3)cc2)c(C)c1Oc1cccc(N)c1. The van der Waals surface area contributed by atoms with Crippen molar-refractivity contribution in [3.05, 3.63) is 95.6 Å². The lowest BCUT2D eigenvalue weighted by Gasteiger charge is -2.22. The average molecular weight is 439 g/mol. The van der Waals surface area contributed by atoms with Gasteiger partial charge in [0.05, 0.1) is 0 Å². The second-order valence-corrected chi connectivity index (χ2v) is 8.64. The van der Waals surface area contributed by atoms with Gasteiger partial charge in [0.15, 0.2) is 0 Å². The number of hydrogen-bond acceptors (Lipinski definition) is 4. The van der Waals surface area contributed by atoms with Crippen molar-refractivity contribution in [2.45, 2.75) is 33.6 Å². The van der Waals surface area contributed by atoms with Crippen LogP contribution in [0.25, 0.3) is 11.1 Å². The van der Waals surface area contributed by atoms with Gasteiger partial charge in [-0.05, 0) is 78.4 Å². The van der Waals surface area contributed by atoms with E-state index < -0.39 is 0 Å². The van der Waals surface area contributed by atoms with Crippen LogP contribution in [0.4, 0.5) is 11.4 Å². The Kier molecular flexibility index (Phi) is 6.27. The molecule has 4 rings (SSSR count). The van der Waals surface area contributed by atoms with Gasteiger partial charge >= 0.3 is 0 Å². The molecule has 4 heteroatoms. The third-order valence-electron chi connectivity index (χ3n) is 5.67. The van der Waals surface area contributed by atoms with E-state index >= 15 is 0 Å². The summed E-state index contributed by atoms with van der Waals surface area (Å²) in [5.41, 5.74) is 19.0. The van der Waals surface area contributed by atoms with Gasteiger partial charge in [-0.15, -0.1) is 0 Å². The Hall–Kier alpha value is -3.92. The standard InChI is InChI=1S/C29H30N2O2/c1-18(2)27-15-19(3)29(33-26-10-6-8-23(31)17-26)20(4)28(27)21-11-13-24(14-12-21)32-25-9-5-7-22(30)16-25/h5-18H,30-31H2,1-4H3. The minimum Gasteiger partial charge on any atom is -0.457 e. The molecule has 4 nitrogen and oxygen atoms in total. The van der Waals surface area contributed by atoms with Crippen LogP contribution in [0.15, 0.2) is 78.9 Å². The first-order valence-corrected chi connectivity index (χ1v) is 11.1. The van der Waals surface area contributed by atoms with Gasteiger partial charge in [-0.2, -0.15) is 0 Å². The maximum absolute atomic E-state index is 6.32. The first kappa shape index (κ1) is 22.3. The highest BCUT2D eigenvalue weighted by Gasteiger charge is 2.18. The van der Waals surface area contributed by atoms with Crippen molar-refractivity contribution in [1.29, 1.82) is 0 Å². The van der Waals surface area contributed by atoms with Crippen LogP contribution in [0.1, 0.15) is 36.5 Å². The van der Waals surface area contributed by atoms with Crippen molar-refractivity contribution in [2.75, 3.05) is 11.5 Å². The molecule has 0 fully saturated rings. The number of rotatable bonds is 6. The molecule has 0 radical (unpaired) electrons. The molecule has 0 amide bonds. The maximum atomic E-state index is 6.32. The minimum absolute atomic E-state index is 0.363. The van der Waals surface area contributed by atoms with Gasteiger partial charge in [0.1, 0.15) is 23.0 Å². The Bertz CT molecular complexity index is 1280. The quantitative estimate of drug-likeness (QED) is 0.301. The monoisotopic (exact) mass is 438 g/mol. The highest BCUT2D eigenvalue weighted by Crippen LogP contribution is 2.41. The first-order chi connectivity index (χ1) is 15.8. The van der Waals surface area contributed by atoms with Crippen LogP contribution in [0.3, 0.4) is 0 Å². The summed E-state index contributed by atoms with van der Waals surface area (Å²) < 4.78 is 12.3. The van der Waals surface area contributed by atoms with Crippen LogP contribution in [0.5, 0.6) is 23.0 Å². The summed E-state index contributed by atoms with van der Waals surface area (Å²) >= 11 is 0. The zero-order valence-electron chi connectivity index (χ0n) is 19.6. The zero-order valence-corrected chi connectivity index (χ0v) is 19.6. The van der Waals surface area contributed by atoms with Gasteiger partial charge in [0, 0.05) is 29.1 Å². The van der Waals surface area contributed by atoms with Crippen molar-refractivity contribution < 1.29 is 9.47 Å². The first-order valence-electron chi connectivity index (χ1n) is 11.1. The van der Waals surface area contributed by atoms with Crippen molar-refractivity contribution in [1.82, 2.24) is 0 Å². The molecule has 4 aromatic rings. The molecule has 0 saturated carbocycles. The second-order valence-electron chi connectivity index (χ2n) is 8.64. The molecule has 0 aliphatic carbocycles. The van der Waals surface area contributed by atoms with Crippen molar-refractivity contribution in [3.8, 4) is 34.1 Å². The maximum Gasteiger partial charge on any atom is 0.133 e. The van der Waals surface area contributed by atoms with Crippen LogP contribution in [-0.2, 0) is 0 Å². The summed E-state index contributed by atoms with van der Waals surface area (Å²) in [6.07, 6.45) is 0. The molecule has 0 atom stereocenters. The predicted octanol–water partition coefficient (Wildman–Crippen LogP) is 7.84. The normalized spacial score (nSPS) is 10.9. The van der Waals surface area contributed by atoms with E-state index in [0.717, 1.165) is 39.7 Å². The molecule has 0 aliphatic rings. The average Bonchev–Trinajstić information content (AvgIpc) is 2.77. The highest BCUT2D eigenvalue weighted by molar-refractivity contribution is 5.76. The molecule has 0 aliphatic heterocycles. The van der Waals surface area contributed by atoms with Crippen LogP contribution >= 0.6 is 0 Å². The number of aryl methyl sites for hydroxylation is 1. The lowest BCUT2D eigenvalue weighted by Crippen LogP contribution is -2.01. The number of hydrogen-bond donors (Lipinski definition) is 2. The Labute approximate surface area is 195 Å². The molecular weight excluding hydrogens is 408 g/mol. The molecular formula is C29H30N2O2. The smallest absolute Gasteiger partial charge is 0.133 e. The number of nitrogen functional groups attached to an aromatic ring is 2. The van der Waals surface area contributed by atoms with Gasteiger partial charge < -0.3 is 20.9 Å². The third-order valence-corrected chi connectivity index (χ3v) is 5.67. The Morgan fingerprint density at radius 3 is 1.79 bits per heavy atom. The molecule has 0 bridgehead atoms.